The van der Waals surface area contributed by atoms with E-state index < -0.39 is 10.8 Å². The molecule has 1 heterocycles. The third kappa shape index (κ3) is 5.38. The van der Waals surface area contributed by atoms with E-state index in [1.54, 1.807) is 24.3 Å². The molecule has 172 valence electrons. The molecule has 0 fully saturated rings. The van der Waals surface area contributed by atoms with E-state index in [2.05, 4.69) is 20.7 Å². The highest BCUT2D eigenvalue weighted by Crippen LogP contribution is 2.17. The number of rotatable bonds is 8. The van der Waals surface area contributed by atoms with Crippen molar-refractivity contribution in [1.29, 1.82) is 0 Å². The Labute approximate surface area is 192 Å². The number of non-ortho nitro benzene ring substituents is 1. The minimum atomic E-state index is -0.559. The molecule has 4 rings (SSSR count). The fourth-order valence-corrected chi connectivity index (χ4v) is 3.06. The van der Waals surface area contributed by atoms with Crippen molar-refractivity contribution in [2.45, 2.75) is 13.1 Å². The number of anilines is 2. The summed E-state index contributed by atoms with van der Waals surface area (Å²) in [5.74, 6) is -1.02. The SMILES string of the molecule is O=C(c1ccc([N+](=O)[O-])cc1)n1nc(NCc2ccc(F)cc2)nc1NCc1ccc(F)cc1. The molecule has 0 unspecified atom stereocenters. The van der Waals surface area contributed by atoms with Gasteiger partial charge in [-0.15, -0.1) is 5.10 Å². The van der Waals surface area contributed by atoms with Crippen LogP contribution in [0, 0.1) is 21.7 Å². The first kappa shape index (κ1) is 22.5. The molecule has 4 aromatic rings. The Balaban J connectivity index is 1.57. The normalized spacial score (nSPS) is 10.6. The van der Waals surface area contributed by atoms with Crippen molar-refractivity contribution < 1.29 is 18.5 Å². The van der Waals surface area contributed by atoms with Crippen LogP contribution < -0.4 is 10.6 Å². The number of carbonyl (C=O) groups is 1. The van der Waals surface area contributed by atoms with E-state index in [-0.39, 0.29) is 47.9 Å². The van der Waals surface area contributed by atoms with Crippen molar-refractivity contribution in [3.63, 3.8) is 0 Å². The summed E-state index contributed by atoms with van der Waals surface area (Å²) in [5, 5.41) is 21.1. The van der Waals surface area contributed by atoms with Gasteiger partial charge in [-0.05, 0) is 47.5 Å². The number of aromatic nitrogens is 3. The van der Waals surface area contributed by atoms with Crippen LogP contribution in [0.4, 0.5) is 26.4 Å². The Bertz CT molecular complexity index is 1310. The summed E-state index contributed by atoms with van der Waals surface area (Å²) in [5.41, 5.74) is 1.55. The first-order chi connectivity index (χ1) is 16.4. The smallest absolute Gasteiger partial charge is 0.281 e. The molecule has 0 aliphatic heterocycles. The fraction of sp³-hybridized carbons (Fsp3) is 0.0870. The van der Waals surface area contributed by atoms with E-state index in [4.69, 9.17) is 0 Å². The number of hydrogen-bond acceptors (Lipinski definition) is 7. The maximum atomic E-state index is 13.2. The summed E-state index contributed by atoms with van der Waals surface area (Å²) in [4.78, 5) is 27.7. The second-order valence-electron chi connectivity index (χ2n) is 7.24. The second kappa shape index (κ2) is 9.86. The summed E-state index contributed by atoms with van der Waals surface area (Å²) in [7, 11) is 0. The molecule has 0 saturated heterocycles. The lowest BCUT2D eigenvalue weighted by Gasteiger charge is -2.07. The molecule has 2 N–H and O–H groups in total. The second-order valence-corrected chi connectivity index (χ2v) is 7.24. The summed E-state index contributed by atoms with van der Waals surface area (Å²) in [6, 6.07) is 16.8. The van der Waals surface area contributed by atoms with Gasteiger partial charge in [0.2, 0.25) is 11.9 Å². The Kier molecular flexibility index (Phi) is 6.53. The summed E-state index contributed by atoms with van der Waals surface area (Å²) in [6.45, 7) is 0.525. The van der Waals surface area contributed by atoms with Crippen molar-refractivity contribution >= 4 is 23.5 Å². The molecule has 34 heavy (non-hydrogen) atoms. The van der Waals surface area contributed by atoms with E-state index in [1.165, 1.54) is 48.5 Å². The van der Waals surface area contributed by atoms with Gasteiger partial charge in [0.1, 0.15) is 11.6 Å². The van der Waals surface area contributed by atoms with E-state index >= 15 is 0 Å². The van der Waals surface area contributed by atoms with E-state index in [1.807, 2.05) is 0 Å². The van der Waals surface area contributed by atoms with Crippen molar-refractivity contribution in [2.24, 2.45) is 0 Å². The van der Waals surface area contributed by atoms with Gasteiger partial charge in [0.15, 0.2) is 0 Å². The molecule has 0 aliphatic rings. The highest BCUT2D eigenvalue weighted by molar-refractivity contribution is 5.97. The zero-order valence-electron chi connectivity index (χ0n) is 17.6. The number of benzene rings is 3. The molecule has 0 amide bonds. The van der Waals surface area contributed by atoms with E-state index in [9.17, 15) is 23.7 Å². The molecule has 0 spiro atoms. The van der Waals surface area contributed by atoms with Crippen LogP contribution >= 0.6 is 0 Å². The number of halogens is 2. The molecule has 1 aromatic heterocycles. The van der Waals surface area contributed by atoms with Crippen molar-refractivity contribution in [1.82, 2.24) is 14.8 Å². The van der Waals surface area contributed by atoms with Gasteiger partial charge in [0, 0.05) is 30.8 Å². The summed E-state index contributed by atoms with van der Waals surface area (Å²) >= 11 is 0. The van der Waals surface area contributed by atoms with Crippen LogP contribution in [-0.4, -0.2) is 25.6 Å². The van der Waals surface area contributed by atoms with Crippen molar-refractivity contribution in [3.05, 3.63) is 111 Å². The lowest BCUT2D eigenvalue weighted by Crippen LogP contribution is -2.17. The predicted octanol–water partition coefficient (Wildman–Crippen LogP) is 4.38. The van der Waals surface area contributed by atoms with Gasteiger partial charge in [-0.2, -0.15) is 9.67 Å². The maximum absolute atomic E-state index is 13.2. The van der Waals surface area contributed by atoms with Gasteiger partial charge in [-0.3, -0.25) is 14.9 Å². The van der Waals surface area contributed by atoms with E-state index in [0.29, 0.717) is 0 Å². The van der Waals surface area contributed by atoms with Gasteiger partial charge in [0.25, 0.3) is 11.6 Å². The third-order valence-electron chi connectivity index (χ3n) is 4.85. The molecular weight excluding hydrogens is 446 g/mol. The first-order valence-electron chi connectivity index (χ1n) is 10.1. The maximum Gasteiger partial charge on any atom is 0.281 e. The quantitative estimate of drug-likeness (QED) is 0.294. The predicted molar refractivity (Wildman–Crippen MR) is 120 cm³/mol. The zero-order valence-corrected chi connectivity index (χ0v) is 17.6. The van der Waals surface area contributed by atoms with Crippen molar-refractivity contribution in [3.8, 4) is 0 Å². The van der Waals surface area contributed by atoms with Crippen LogP contribution in [0.5, 0.6) is 0 Å². The fourth-order valence-electron chi connectivity index (χ4n) is 3.06. The standard InChI is InChI=1S/C23H18F2N6O3/c24-18-7-1-15(2-8-18)13-26-22-28-23(27-14-16-3-9-19(25)10-4-16)30(29-22)21(32)17-5-11-20(12-6-17)31(33)34/h1-12H,13-14H2,(H2,26,27,28,29). The summed E-state index contributed by atoms with van der Waals surface area (Å²) < 4.78 is 27.3. The highest BCUT2D eigenvalue weighted by Gasteiger charge is 2.19. The molecule has 9 nitrogen and oxygen atoms in total. The molecule has 11 heteroatoms. The van der Waals surface area contributed by atoms with Crippen LogP contribution in [0.1, 0.15) is 21.5 Å². The van der Waals surface area contributed by atoms with Crippen molar-refractivity contribution in [2.75, 3.05) is 10.6 Å². The molecular formula is C23H18F2N6O3. The van der Waals surface area contributed by atoms with Crippen LogP contribution in [0.25, 0.3) is 0 Å². The van der Waals surface area contributed by atoms with E-state index in [0.717, 1.165) is 15.8 Å². The topological polar surface area (TPSA) is 115 Å². The molecule has 0 atom stereocenters. The van der Waals surface area contributed by atoms with Crippen LogP contribution in [0.15, 0.2) is 72.8 Å². The Morgan fingerprint density at radius 1 is 0.853 bits per heavy atom. The van der Waals surface area contributed by atoms with Crippen LogP contribution in [-0.2, 0) is 13.1 Å². The van der Waals surface area contributed by atoms with Crippen LogP contribution in [0.3, 0.4) is 0 Å². The molecule has 0 radical (unpaired) electrons. The van der Waals surface area contributed by atoms with Gasteiger partial charge in [-0.1, -0.05) is 24.3 Å². The number of hydrogen-bond donors (Lipinski definition) is 2. The highest BCUT2D eigenvalue weighted by atomic mass is 19.1. The van der Waals surface area contributed by atoms with Gasteiger partial charge < -0.3 is 10.6 Å². The molecule has 0 bridgehead atoms. The van der Waals surface area contributed by atoms with Gasteiger partial charge >= 0.3 is 0 Å². The Hall–Kier alpha value is -4.67. The zero-order chi connectivity index (χ0) is 24.1. The van der Waals surface area contributed by atoms with Gasteiger partial charge in [-0.25, -0.2) is 8.78 Å². The number of carbonyl (C=O) groups excluding carboxylic acids is 1. The number of nitro groups is 1. The average molecular weight is 464 g/mol. The van der Waals surface area contributed by atoms with Gasteiger partial charge in [0.05, 0.1) is 4.92 Å². The molecule has 0 aliphatic carbocycles. The molecule has 0 saturated carbocycles. The summed E-state index contributed by atoms with van der Waals surface area (Å²) in [6.07, 6.45) is 0. The molecule has 3 aromatic carbocycles. The Morgan fingerprint density at radius 2 is 1.38 bits per heavy atom. The largest absolute Gasteiger partial charge is 0.350 e. The first-order valence-corrected chi connectivity index (χ1v) is 10.1. The van der Waals surface area contributed by atoms with Crippen LogP contribution in [0.2, 0.25) is 0 Å². The lowest BCUT2D eigenvalue weighted by atomic mass is 10.2. The number of nitrogens with one attached hydrogen (secondary N) is 2. The lowest BCUT2D eigenvalue weighted by molar-refractivity contribution is -0.384. The monoisotopic (exact) mass is 464 g/mol. The minimum Gasteiger partial charge on any atom is -0.350 e. The average Bonchev–Trinajstić information content (AvgIpc) is 3.26. The minimum absolute atomic E-state index is 0.120. The third-order valence-corrected chi connectivity index (χ3v) is 4.85. The Morgan fingerprint density at radius 3 is 1.91 bits per heavy atom. The number of nitrogens with zero attached hydrogens (tertiary/aromatic N) is 4. The number of nitro benzene ring substituents is 1.